The lowest BCUT2D eigenvalue weighted by Gasteiger charge is -2.23. The first kappa shape index (κ1) is 25.9. The van der Waals surface area contributed by atoms with Crippen LogP contribution in [0.3, 0.4) is 0 Å². The summed E-state index contributed by atoms with van der Waals surface area (Å²) in [5, 5.41) is 15.9. The highest BCUT2D eigenvalue weighted by Crippen LogP contribution is 2.03. The third-order valence-electron chi connectivity index (χ3n) is 4.19. The van der Waals surface area contributed by atoms with Crippen LogP contribution in [0.15, 0.2) is 12.5 Å². The van der Waals surface area contributed by atoms with Gasteiger partial charge in [-0.3, -0.25) is 24.0 Å². The van der Waals surface area contributed by atoms with Gasteiger partial charge in [-0.2, -0.15) is 12.6 Å². The minimum Gasteiger partial charge on any atom is -0.480 e. The summed E-state index contributed by atoms with van der Waals surface area (Å²) in [7, 11) is 0. The maximum absolute atomic E-state index is 12.7. The van der Waals surface area contributed by atoms with Crippen LogP contribution in [-0.4, -0.2) is 74.6 Å². The molecule has 0 aliphatic carbocycles. The molecule has 0 saturated carbocycles. The van der Waals surface area contributed by atoms with E-state index in [4.69, 9.17) is 16.6 Å². The van der Waals surface area contributed by atoms with Gasteiger partial charge in [-0.25, -0.2) is 4.98 Å². The molecule has 0 aliphatic heterocycles. The van der Waals surface area contributed by atoms with Crippen molar-refractivity contribution in [2.24, 2.45) is 11.5 Å². The van der Waals surface area contributed by atoms with Gasteiger partial charge in [-0.1, -0.05) is 0 Å². The van der Waals surface area contributed by atoms with Crippen molar-refractivity contribution < 1.29 is 29.1 Å². The van der Waals surface area contributed by atoms with E-state index in [1.54, 1.807) is 0 Å². The quantitative estimate of drug-likeness (QED) is 0.142. The Labute approximate surface area is 183 Å². The number of aromatic amines is 1. The summed E-state index contributed by atoms with van der Waals surface area (Å²) in [6.45, 7) is 1.26. The van der Waals surface area contributed by atoms with Crippen LogP contribution in [0.2, 0.25) is 0 Å². The number of carbonyl (C=O) groups is 5. The Morgan fingerprint density at radius 1 is 1.13 bits per heavy atom. The third-order valence-corrected chi connectivity index (χ3v) is 4.55. The monoisotopic (exact) mass is 457 g/mol. The van der Waals surface area contributed by atoms with Crippen LogP contribution in [0, 0.1) is 0 Å². The Balaban J connectivity index is 2.81. The van der Waals surface area contributed by atoms with E-state index >= 15 is 0 Å². The van der Waals surface area contributed by atoms with Crippen molar-refractivity contribution >= 4 is 42.2 Å². The number of H-pyrrole nitrogens is 1. The minimum absolute atomic E-state index is 0.129. The van der Waals surface area contributed by atoms with Crippen LogP contribution < -0.4 is 27.4 Å². The molecule has 1 rings (SSSR count). The van der Waals surface area contributed by atoms with E-state index in [9.17, 15) is 24.0 Å². The smallest absolute Gasteiger partial charge is 0.325 e. The Kier molecular flexibility index (Phi) is 10.5. The molecule has 0 spiro atoms. The van der Waals surface area contributed by atoms with E-state index in [2.05, 4.69) is 38.5 Å². The van der Waals surface area contributed by atoms with Crippen LogP contribution in [-0.2, 0) is 30.4 Å². The number of aliphatic carboxylic acids is 1. The topological polar surface area (TPSA) is 222 Å². The molecule has 0 bridgehead atoms. The van der Waals surface area contributed by atoms with Crippen LogP contribution in [0.1, 0.15) is 25.5 Å². The molecule has 14 heteroatoms. The molecular formula is C17H27N7O6S. The zero-order valence-electron chi connectivity index (χ0n) is 16.8. The van der Waals surface area contributed by atoms with Crippen molar-refractivity contribution in [3.8, 4) is 0 Å². The first-order chi connectivity index (χ1) is 14.5. The van der Waals surface area contributed by atoms with Gasteiger partial charge in [0.2, 0.25) is 23.6 Å². The Hall–Kier alpha value is -3.13. The highest BCUT2D eigenvalue weighted by atomic mass is 32.1. The molecule has 1 aromatic rings. The molecule has 4 atom stereocenters. The fourth-order valence-corrected chi connectivity index (χ4v) is 2.66. The predicted molar refractivity (Wildman–Crippen MR) is 112 cm³/mol. The highest BCUT2D eigenvalue weighted by Gasteiger charge is 2.29. The summed E-state index contributed by atoms with van der Waals surface area (Å²) >= 11 is 4.00. The molecule has 31 heavy (non-hydrogen) atoms. The molecule has 9 N–H and O–H groups in total. The molecule has 0 aromatic carbocycles. The maximum Gasteiger partial charge on any atom is 0.325 e. The van der Waals surface area contributed by atoms with Crippen molar-refractivity contribution in [1.29, 1.82) is 0 Å². The fraction of sp³-hybridized carbons (Fsp3) is 0.529. The zero-order chi connectivity index (χ0) is 23.6. The molecule has 0 saturated heterocycles. The van der Waals surface area contributed by atoms with E-state index in [0.717, 1.165) is 0 Å². The molecule has 13 nitrogen and oxygen atoms in total. The Bertz CT molecular complexity index is 788. The fourth-order valence-electron chi connectivity index (χ4n) is 2.40. The lowest BCUT2D eigenvalue weighted by Crippen LogP contribution is -2.57. The van der Waals surface area contributed by atoms with Gasteiger partial charge in [0.05, 0.1) is 12.4 Å². The van der Waals surface area contributed by atoms with Gasteiger partial charge in [0.15, 0.2) is 0 Å². The molecule has 172 valence electrons. The average molecular weight is 458 g/mol. The summed E-state index contributed by atoms with van der Waals surface area (Å²) in [5.74, 6) is -4.29. The number of nitrogens with zero attached hydrogens (tertiary/aromatic N) is 1. The van der Waals surface area contributed by atoms with E-state index in [1.165, 1.54) is 19.4 Å². The average Bonchev–Trinajstić information content (AvgIpc) is 3.21. The summed E-state index contributed by atoms with van der Waals surface area (Å²) in [4.78, 5) is 65.9. The van der Waals surface area contributed by atoms with Gasteiger partial charge in [0.1, 0.15) is 18.1 Å². The molecule has 1 aromatic heterocycles. The number of primary amides is 1. The SMILES string of the molecule is CC(NC(=O)C(CS)NC(=O)C(CCC(N)=O)NC(=O)C(N)Cc1cnc[nH]1)C(=O)O. The molecule has 0 radical (unpaired) electrons. The standard InChI is InChI=1S/C17H27N7O6S/c1-8(17(29)30)22-16(28)12(6-31)24-15(27)11(2-3-13(19)25)23-14(26)10(18)4-9-5-20-7-21-9/h5,7-8,10-12,31H,2-4,6,18H2,1H3,(H2,19,25)(H,20,21)(H,22,28)(H,23,26)(H,24,27)(H,29,30). The normalized spacial score (nSPS) is 14.5. The maximum atomic E-state index is 12.7. The van der Waals surface area contributed by atoms with Gasteiger partial charge < -0.3 is 37.5 Å². The van der Waals surface area contributed by atoms with Gasteiger partial charge in [0, 0.05) is 30.5 Å². The number of carboxylic acid groups (broad SMARTS) is 1. The Morgan fingerprint density at radius 2 is 1.74 bits per heavy atom. The second kappa shape index (κ2) is 12.5. The van der Waals surface area contributed by atoms with E-state index < -0.39 is 53.8 Å². The number of aromatic nitrogens is 2. The van der Waals surface area contributed by atoms with Crippen LogP contribution in [0.5, 0.6) is 0 Å². The number of nitrogens with one attached hydrogen (secondary N) is 4. The van der Waals surface area contributed by atoms with Crippen molar-refractivity contribution in [1.82, 2.24) is 25.9 Å². The summed E-state index contributed by atoms with van der Waals surface area (Å²) in [6, 6.07) is -4.58. The van der Waals surface area contributed by atoms with Crippen molar-refractivity contribution in [3.63, 3.8) is 0 Å². The number of nitrogens with two attached hydrogens (primary N) is 2. The minimum atomic E-state index is -1.25. The molecule has 4 amide bonds. The highest BCUT2D eigenvalue weighted by molar-refractivity contribution is 7.80. The van der Waals surface area contributed by atoms with Crippen LogP contribution >= 0.6 is 12.6 Å². The van der Waals surface area contributed by atoms with Gasteiger partial charge in [-0.15, -0.1) is 0 Å². The summed E-state index contributed by atoms with van der Waals surface area (Å²) < 4.78 is 0. The lowest BCUT2D eigenvalue weighted by molar-refractivity contribution is -0.141. The van der Waals surface area contributed by atoms with Crippen molar-refractivity contribution in [3.05, 3.63) is 18.2 Å². The number of amides is 4. The number of imidazole rings is 1. The first-order valence-corrected chi connectivity index (χ1v) is 9.94. The largest absolute Gasteiger partial charge is 0.480 e. The van der Waals surface area contributed by atoms with Gasteiger partial charge in [-0.05, 0) is 13.3 Å². The van der Waals surface area contributed by atoms with E-state index in [1.807, 2.05) is 0 Å². The van der Waals surface area contributed by atoms with E-state index in [0.29, 0.717) is 5.69 Å². The molecular weight excluding hydrogens is 430 g/mol. The van der Waals surface area contributed by atoms with Gasteiger partial charge >= 0.3 is 5.97 Å². The number of carboxylic acids is 1. The number of hydrogen-bond donors (Lipinski definition) is 8. The number of thiol groups is 1. The molecule has 1 heterocycles. The van der Waals surface area contributed by atoms with Crippen LogP contribution in [0.4, 0.5) is 0 Å². The van der Waals surface area contributed by atoms with Crippen LogP contribution in [0.25, 0.3) is 0 Å². The number of carbonyl (C=O) groups excluding carboxylic acids is 4. The number of rotatable bonds is 13. The Morgan fingerprint density at radius 3 is 2.26 bits per heavy atom. The molecule has 4 unspecified atom stereocenters. The summed E-state index contributed by atoms with van der Waals surface area (Å²) in [6.07, 6.45) is 2.72. The second-order valence-corrected chi connectivity index (χ2v) is 7.13. The zero-order valence-corrected chi connectivity index (χ0v) is 17.7. The third kappa shape index (κ3) is 9.04. The first-order valence-electron chi connectivity index (χ1n) is 9.31. The van der Waals surface area contributed by atoms with Crippen molar-refractivity contribution in [2.75, 3.05) is 5.75 Å². The second-order valence-electron chi connectivity index (χ2n) is 6.77. The molecule has 0 aliphatic rings. The molecule has 0 fully saturated rings. The van der Waals surface area contributed by atoms with Crippen molar-refractivity contribution in [2.45, 2.75) is 50.4 Å². The van der Waals surface area contributed by atoms with Gasteiger partial charge in [0.25, 0.3) is 0 Å². The predicted octanol–water partition coefficient (Wildman–Crippen LogP) is -2.97. The van der Waals surface area contributed by atoms with E-state index in [-0.39, 0.29) is 25.0 Å². The summed E-state index contributed by atoms with van der Waals surface area (Å²) in [5.41, 5.74) is 11.6. The lowest BCUT2D eigenvalue weighted by atomic mass is 10.1. The number of hydrogen-bond acceptors (Lipinski definition) is 8.